The highest BCUT2D eigenvalue weighted by Gasteiger charge is 1.99. The zero-order chi connectivity index (χ0) is 11.1. The van der Waals surface area contributed by atoms with E-state index < -0.39 is 0 Å². The molecule has 0 saturated carbocycles. The van der Waals surface area contributed by atoms with E-state index in [0.717, 1.165) is 6.42 Å². The number of aromatic nitrogens is 2. The number of aliphatic hydroxyl groups excluding tert-OH is 1. The molecule has 0 aliphatic heterocycles. The quantitative estimate of drug-likeness (QED) is 0.589. The lowest BCUT2D eigenvalue weighted by molar-refractivity contribution is 0.263. The summed E-state index contributed by atoms with van der Waals surface area (Å²) in [4.78, 5) is 11.3. The molecule has 0 aliphatic carbocycles. The summed E-state index contributed by atoms with van der Waals surface area (Å²) in [5, 5.41) is 12.5. The first-order chi connectivity index (χ1) is 7.27. The van der Waals surface area contributed by atoms with Crippen molar-refractivity contribution in [3.8, 4) is 5.75 Å². The van der Waals surface area contributed by atoms with Crippen molar-refractivity contribution in [3.63, 3.8) is 0 Å². The van der Waals surface area contributed by atoms with Gasteiger partial charge in [0.1, 0.15) is 5.75 Å². The third kappa shape index (κ3) is 3.69. The minimum absolute atomic E-state index is 0.111. The molecular formula is C9H15N3O3. The summed E-state index contributed by atoms with van der Waals surface area (Å²) in [6.45, 7) is 1.11. The molecule has 0 spiro atoms. The molecule has 0 atom stereocenters. The Morgan fingerprint density at radius 3 is 3.00 bits per heavy atom. The standard InChI is InChI=1S/C9H15N3O3/c10-2-1-5-15-8-6-9(14)12(3-4-13)11-7-8/h6-7,13H,1-5,10H2. The zero-order valence-corrected chi connectivity index (χ0v) is 8.43. The van der Waals surface area contributed by atoms with Crippen LogP contribution in [0.2, 0.25) is 0 Å². The van der Waals surface area contributed by atoms with E-state index in [1.165, 1.54) is 16.9 Å². The predicted octanol–water partition coefficient (Wildman–Crippen LogP) is -1.04. The average Bonchev–Trinajstić information content (AvgIpc) is 2.23. The molecule has 1 rings (SSSR count). The molecule has 15 heavy (non-hydrogen) atoms. The van der Waals surface area contributed by atoms with Gasteiger partial charge in [-0.1, -0.05) is 0 Å². The lowest BCUT2D eigenvalue weighted by atomic mass is 10.4. The van der Waals surface area contributed by atoms with Gasteiger partial charge in [0.15, 0.2) is 0 Å². The molecule has 1 aromatic heterocycles. The van der Waals surface area contributed by atoms with Gasteiger partial charge in [-0.25, -0.2) is 4.68 Å². The van der Waals surface area contributed by atoms with Gasteiger partial charge >= 0.3 is 0 Å². The summed E-state index contributed by atoms with van der Waals surface area (Å²) in [6.07, 6.45) is 2.19. The molecule has 0 saturated heterocycles. The van der Waals surface area contributed by atoms with Crippen molar-refractivity contribution in [2.24, 2.45) is 5.73 Å². The smallest absolute Gasteiger partial charge is 0.270 e. The van der Waals surface area contributed by atoms with E-state index in [1.54, 1.807) is 0 Å². The van der Waals surface area contributed by atoms with Crippen LogP contribution < -0.4 is 16.0 Å². The first-order valence-corrected chi connectivity index (χ1v) is 4.79. The third-order valence-electron chi connectivity index (χ3n) is 1.77. The Morgan fingerprint density at radius 2 is 2.40 bits per heavy atom. The van der Waals surface area contributed by atoms with Gasteiger partial charge in [-0.15, -0.1) is 0 Å². The van der Waals surface area contributed by atoms with Crippen LogP contribution in [-0.4, -0.2) is 34.6 Å². The number of hydrogen-bond acceptors (Lipinski definition) is 5. The van der Waals surface area contributed by atoms with Crippen molar-refractivity contribution in [2.75, 3.05) is 19.8 Å². The van der Waals surface area contributed by atoms with Crippen molar-refractivity contribution in [1.29, 1.82) is 0 Å². The van der Waals surface area contributed by atoms with Gasteiger partial charge < -0.3 is 15.6 Å². The fourth-order valence-corrected chi connectivity index (χ4v) is 1.03. The molecule has 0 radical (unpaired) electrons. The highest BCUT2D eigenvalue weighted by molar-refractivity contribution is 5.13. The van der Waals surface area contributed by atoms with E-state index in [1.807, 2.05) is 0 Å². The van der Waals surface area contributed by atoms with Crippen LogP contribution in [0, 0.1) is 0 Å². The van der Waals surface area contributed by atoms with Crippen molar-refractivity contribution in [3.05, 3.63) is 22.6 Å². The van der Waals surface area contributed by atoms with Crippen LogP contribution in [0.3, 0.4) is 0 Å². The van der Waals surface area contributed by atoms with E-state index in [4.69, 9.17) is 15.6 Å². The average molecular weight is 213 g/mol. The Balaban J connectivity index is 2.61. The van der Waals surface area contributed by atoms with Gasteiger partial charge in [-0.2, -0.15) is 5.10 Å². The van der Waals surface area contributed by atoms with Crippen molar-refractivity contribution < 1.29 is 9.84 Å². The third-order valence-corrected chi connectivity index (χ3v) is 1.77. The summed E-state index contributed by atoms with van der Waals surface area (Å²) in [7, 11) is 0. The molecule has 0 aliphatic rings. The molecular weight excluding hydrogens is 198 g/mol. The number of ether oxygens (including phenoxy) is 1. The monoisotopic (exact) mass is 213 g/mol. The molecule has 6 heteroatoms. The predicted molar refractivity (Wildman–Crippen MR) is 54.7 cm³/mol. The fourth-order valence-electron chi connectivity index (χ4n) is 1.03. The van der Waals surface area contributed by atoms with Crippen molar-refractivity contribution in [2.45, 2.75) is 13.0 Å². The molecule has 84 valence electrons. The minimum Gasteiger partial charge on any atom is -0.492 e. The Hall–Kier alpha value is -1.40. The van der Waals surface area contributed by atoms with E-state index in [9.17, 15) is 4.79 Å². The first kappa shape index (κ1) is 11.7. The van der Waals surface area contributed by atoms with Crippen LogP contribution in [0.15, 0.2) is 17.1 Å². The number of rotatable bonds is 6. The van der Waals surface area contributed by atoms with Gasteiger partial charge in [0.05, 0.1) is 26.0 Å². The van der Waals surface area contributed by atoms with E-state index >= 15 is 0 Å². The van der Waals surface area contributed by atoms with Crippen LogP contribution in [0.4, 0.5) is 0 Å². The Bertz CT molecular complexity index is 351. The fraction of sp³-hybridized carbons (Fsp3) is 0.556. The molecule has 6 nitrogen and oxygen atoms in total. The van der Waals surface area contributed by atoms with Crippen molar-refractivity contribution in [1.82, 2.24) is 9.78 Å². The molecule has 0 fully saturated rings. The van der Waals surface area contributed by atoms with E-state index in [2.05, 4.69) is 5.10 Å². The van der Waals surface area contributed by atoms with Crippen LogP contribution in [0.5, 0.6) is 5.75 Å². The molecule has 3 N–H and O–H groups in total. The molecule has 1 aromatic rings. The highest BCUT2D eigenvalue weighted by Crippen LogP contribution is 2.03. The summed E-state index contributed by atoms with van der Waals surface area (Å²) < 4.78 is 6.42. The SMILES string of the molecule is NCCCOc1cnn(CCO)c(=O)c1. The topological polar surface area (TPSA) is 90.4 Å². The molecule has 0 amide bonds. The first-order valence-electron chi connectivity index (χ1n) is 4.79. The minimum atomic E-state index is -0.283. The summed E-state index contributed by atoms with van der Waals surface area (Å²) in [5.41, 5.74) is 5.01. The van der Waals surface area contributed by atoms with Crippen LogP contribution >= 0.6 is 0 Å². The van der Waals surface area contributed by atoms with Crippen LogP contribution in [0.1, 0.15) is 6.42 Å². The Morgan fingerprint density at radius 1 is 1.60 bits per heavy atom. The second-order valence-corrected chi connectivity index (χ2v) is 2.97. The molecule has 0 aromatic carbocycles. The molecule has 0 unspecified atom stereocenters. The maximum atomic E-state index is 11.3. The maximum Gasteiger partial charge on any atom is 0.270 e. The largest absolute Gasteiger partial charge is 0.492 e. The molecule has 0 bridgehead atoms. The van der Waals surface area contributed by atoms with Gasteiger partial charge in [-0.05, 0) is 13.0 Å². The van der Waals surface area contributed by atoms with E-state index in [-0.39, 0.29) is 18.7 Å². The maximum absolute atomic E-state index is 11.3. The van der Waals surface area contributed by atoms with E-state index in [0.29, 0.717) is 18.9 Å². The Kier molecular flexibility index (Phi) is 4.79. The lowest BCUT2D eigenvalue weighted by Crippen LogP contribution is -2.23. The van der Waals surface area contributed by atoms with Gasteiger partial charge in [0.2, 0.25) is 0 Å². The normalized spacial score (nSPS) is 10.3. The van der Waals surface area contributed by atoms with Crippen LogP contribution in [0.25, 0.3) is 0 Å². The molecule has 1 heterocycles. The second kappa shape index (κ2) is 6.15. The zero-order valence-electron chi connectivity index (χ0n) is 8.43. The Labute approximate surface area is 87.3 Å². The summed E-state index contributed by atoms with van der Waals surface area (Å²) in [6, 6.07) is 1.35. The second-order valence-electron chi connectivity index (χ2n) is 2.97. The number of aliphatic hydroxyl groups is 1. The highest BCUT2D eigenvalue weighted by atomic mass is 16.5. The summed E-state index contributed by atoms with van der Waals surface area (Å²) >= 11 is 0. The summed E-state index contributed by atoms with van der Waals surface area (Å²) in [5.74, 6) is 0.433. The number of nitrogens with zero attached hydrogens (tertiary/aromatic N) is 2. The van der Waals surface area contributed by atoms with Gasteiger partial charge in [0.25, 0.3) is 5.56 Å². The van der Waals surface area contributed by atoms with Gasteiger partial charge in [0, 0.05) is 6.07 Å². The van der Waals surface area contributed by atoms with Crippen molar-refractivity contribution >= 4 is 0 Å². The van der Waals surface area contributed by atoms with Crippen LogP contribution in [-0.2, 0) is 6.54 Å². The number of nitrogens with two attached hydrogens (primary N) is 1. The number of hydrogen-bond donors (Lipinski definition) is 2. The lowest BCUT2D eigenvalue weighted by Gasteiger charge is -2.05. The van der Waals surface area contributed by atoms with Gasteiger partial charge in [-0.3, -0.25) is 4.79 Å².